The standard InChI is InChI=1S/C22H27F2N5O3/c1-12-8-19-18(10-25-12)20-21(31)29(16(9-26-14(3)30)11-28(20)27-19)13(2)15-4-6-17(7-5-15)32-22(23)24/h4-7,12-13,16,22,25H,8-11H2,1-3H3,(H,26,30)/t12-,13?,16?/m1/s1. The van der Waals surface area contributed by atoms with Gasteiger partial charge in [-0.3, -0.25) is 14.3 Å². The molecule has 2 N–H and O–H groups in total. The van der Waals surface area contributed by atoms with Crippen molar-refractivity contribution >= 4 is 11.8 Å². The lowest BCUT2D eigenvalue weighted by atomic mass is 9.98. The number of fused-ring (bicyclic) bond motifs is 3. The minimum atomic E-state index is -2.90. The molecular weight excluding hydrogens is 420 g/mol. The Morgan fingerprint density at radius 2 is 2.06 bits per heavy atom. The Morgan fingerprint density at radius 3 is 2.72 bits per heavy atom. The SMILES string of the molecule is CC(=O)NCC1Cn2nc3c(c2C(=O)N1C(C)c1ccc(OC(F)F)cc1)CN[C@H](C)C3. The highest BCUT2D eigenvalue weighted by molar-refractivity contribution is 5.95. The van der Waals surface area contributed by atoms with E-state index in [4.69, 9.17) is 5.10 Å². The number of amides is 2. The van der Waals surface area contributed by atoms with Crippen molar-refractivity contribution in [2.45, 2.75) is 65.0 Å². The molecule has 0 fully saturated rings. The predicted octanol–water partition coefficient (Wildman–Crippen LogP) is 2.24. The fourth-order valence-electron chi connectivity index (χ4n) is 4.49. The van der Waals surface area contributed by atoms with E-state index in [2.05, 4.69) is 22.3 Å². The second-order valence-corrected chi connectivity index (χ2v) is 8.37. The van der Waals surface area contributed by atoms with Gasteiger partial charge in [0.1, 0.15) is 11.4 Å². The number of hydrogen-bond donors (Lipinski definition) is 2. The van der Waals surface area contributed by atoms with Crippen LogP contribution in [0.15, 0.2) is 24.3 Å². The van der Waals surface area contributed by atoms with Gasteiger partial charge in [-0.25, -0.2) is 0 Å². The Morgan fingerprint density at radius 1 is 1.34 bits per heavy atom. The van der Waals surface area contributed by atoms with Gasteiger partial charge in [0, 0.05) is 38.0 Å². The van der Waals surface area contributed by atoms with Crippen molar-refractivity contribution in [3.63, 3.8) is 0 Å². The van der Waals surface area contributed by atoms with Crippen LogP contribution in [0.5, 0.6) is 5.75 Å². The second-order valence-electron chi connectivity index (χ2n) is 8.37. The normalized spacial score (nSPS) is 21.2. The largest absolute Gasteiger partial charge is 0.435 e. The molecule has 0 saturated heterocycles. The highest BCUT2D eigenvalue weighted by Gasteiger charge is 2.40. The molecule has 3 heterocycles. The summed E-state index contributed by atoms with van der Waals surface area (Å²) in [6, 6.07) is 5.91. The third-order valence-corrected chi connectivity index (χ3v) is 6.07. The zero-order chi connectivity index (χ0) is 23.0. The number of alkyl halides is 2. The van der Waals surface area contributed by atoms with Gasteiger partial charge in [-0.05, 0) is 31.5 Å². The van der Waals surface area contributed by atoms with E-state index in [1.165, 1.54) is 19.1 Å². The molecule has 0 spiro atoms. The number of ether oxygens (including phenoxy) is 1. The molecule has 2 aliphatic rings. The van der Waals surface area contributed by atoms with Gasteiger partial charge in [0.2, 0.25) is 5.91 Å². The summed E-state index contributed by atoms with van der Waals surface area (Å²) in [4.78, 5) is 27.0. The first-order valence-electron chi connectivity index (χ1n) is 10.7. The molecule has 2 aliphatic heterocycles. The average Bonchev–Trinajstić information content (AvgIpc) is 3.09. The van der Waals surface area contributed by atoms with Crippen LogP contribution >= 0.6 is 0 Å². The number of hydrogen-bond acceptors (Lipinski definition) is 5. The smallest absolute Gasteiger partial charge is 0.387 e. The van der Waals surface area contributed by atoms with Gasteiger partial charge >= 0.3 is 6.61 Å². The minimum Gasteiger partial charge on any atom is -0.435 e. The third-order valence-electron chi connectivity index (χ3n) is 6.07. The number of carbonyl (C=O) groups is 2. The molecule has 32 heavy (non-hydrogen) atoms. The molecule has 3 atom stereocenters. The summed E-state index contributed by atoms with van der Waals surface area (Å²) in [5.41, 5.74) is 3.20. The van der Waals surface area contributed by atoms with Crippen LogP contribution in [0.2, 0.25) is 0 Å². The number of benzene rings is 1. The Bertz CT molecular complexity index is 1010. The highest BCUT2D eigenvalue weighted by Crippen LogP contribution is 2.33. The summed E-state index contributed by atoms with van der Waals surface area (Å²) in [6.45, 7) is 3.84. The van der Waals surface area contributed by atoms with Crippen molar-refractivity contribution in [3.05, 3.63) is 46.8 Å². The van der Waals surface area contributed by atoms with Crippen LogP contribution < -0.4 is 15.4 Å². The molecule has 2 amide bonds. The molecule has 0 radical (unpaired) electrons. The molecule has 1 aromatic heterocycles. The van der Waals surface area contributed by atoms with Crippen LogP contribution in [-0.2, 0) is 24.3 Å². The lowest BCUT2D eigenvalue weighted by Crippen LogP contribution is -2.54. The van der Waals surface area contributed by atoms with E-state index in [0.29, 0.717) is 18.8 Å². The Labute approximate surface area is 184 Å². The van der Waals surface area contributed by atoms with E-state index in [1.54, 1.807) is 21.7 Å². The molecular formula is C22H27F2N5O3. The van der Waals surface area contributed by atoms with Crippen molar-refractivity contribution in [2.75, 3.05) is 6.54 Å². The first-order chi connectivity index (χ1) is 15.2. The number of carbonyl (C=O) groups excluding carboxylic acids is 2. The maximum atomic E-state index is 13.7. The van der Waals surface area contributed by atoms with Crippen LogP contribution in [0.25, 0.3) is 0 Å². The lowest BCUT2D eigenvalue weighted by Gasteiger charge is -2.40. The third kappa shape index (κ3) is 4.32. The minimum absolute atomic E-state index is 0.0584. The van der Waals surface area contributed by atoms with Crippen molar-refractivity contribution in [1.82, 2.24) is 25.3 Å². The van der Waals surface area contributed by atoms with Gasteiger partial charge in [-0.2, -0.15) is 13.9 Å². The number of nitrogens with zero attached hydrogens (tertiary/aromatic N) is 3. The van der Waals surface area contributed by atoms with Crippen LogP contribution in [-0.4, -0.2) is 51.7 Å². The van der Waals surface area contributed by atoms with E-state index in [1.807, 2.05) is 6.92 Å². The Balaban J connectivity index is 1.66. The number of halogens is 2. The van der Waals surface area contributed by atoms with E-state index >= 15 is 0 Å². The summed E-state index contributed by atoms with van der Waals surface area (Å²) < 4.78 is 31.1. The molecule has 2 unspecified atom stereocenters. The fraction of sp³-hybridized carbons (Fsp3) is 0.500. The number of nitrogens with one attached hydrogen (secondary N) is 2. The summed E-state index contributed by atoms with van der Waals surface area (Å²) in [5.74, 6) is -0.276. The van der Waals surface area contributed by atoms with Crippen molar-refractivity contribution in [1.29, 1.82) is 0 Å². The molecule has 10 heteroatoms. The van der Waals surface area contributed by atoms with Gasteiger partial charge in [-0.1, -0.05) is 12.1 Å². The van der Waals surface area contributed by atoms with Crippen LogP contribution in [0, 0.1) is 0 Å². The average molecular weight is 447 g/mol. The van der Waals surface area contributed by atoms with E-state index in [9.17, 15) is 18.4 Å². The molecule has 172 valence electrons. The Hall–Kier alpha value is -3.01. The van der Waals surface area contributed by atoms with Crippen molar-refractivity contribution in [3.8, 4) is 5.75 Å². The zero-order valence-corrected chi connectivity index (χ0v) is 18.3. The van der Waals surface area contributed by atoms with Gasteiger partial charge in [-0.15, -0.1) is 0 Å². The molecule has 8 nitrogen and oxygen atoms in total. The zero-order valence-electron chi connectivity index (χ0n) is 18.3. The monoisotopic (exact) mass is 447 g/mol. The Kier molecular flexibility index (Phi) is 6.14. The van der Waals surface area contributed by atoms with Crippen molar-refractivity contribution < 1.29 is 23.1 Å². The fourth-order valence-corrected chi connectivity index (χ4v) is 4.49. The van der Waals surface area contributed by atoms with Gasteiger partial charge in [0.05, 0.1) is 24.3 Å². The molecule has 0 saturated carbocycles. The van der Waals surface area contributed by atoms with Gasteiger partial charge < -0.3 is 20.3 Å². The highest BCUT2D eigenvalue weighted by atomic mass is 19.3. The topological polar surface area (TPSA) is 88.5 Å². The summed E-state index contributed by atoms with van der Waals surface area (Å²) in [7, 11) is 0. The molecule has 4 rings (SSSR count). The van der Waals surface area contributed by atoms with Gasteiger partial charge in [0.15, 0.2) is 0 Å². The maximum Gasteiger partial charge on any atom is 0.387 e. The molecule has 1 aromatic carbocycles. The van der Waals surface area contributed by atoms with Crippen LogP contribution in [0.4, 0.5) is 8.78 Å². The van der Waals surface area contributed by atoms with Crippen LogP contribution in [0.3, 0.4) is 0 Å². The van der Waals surface area contributed by atoms with E-state index < -0.39 is 6.61 Å². The molecule has 0 aliphatic carbocycles. The van der Waals surface area contributed by atoms with Crippen LogP contribution in [0.1, 0.15) is 54.1 Å². The van der Waals surface area contributed by atoms with Crippen molar-refractivity contribution in [2.24, 2.45) is 0 Å². The molecule has 0 bridgehead atoms. The lowest BCUT2D eigenvalue weighted by molar-refractivity contribution is -0.119. The first-order valence-corrected chi connectivity index (χ1v) is 10.7. The van der Waals surface area contributed by atoms with E-state index in [-0.39, 0.29) is 42.2 Å². The number of aromatic nitrogens is 2. The maximum absolute atomic E-state index is 13.7. The quantitative estimate of drug-likeness (QED) is 0.709. The van der Waals surface area contributed by atoms with Gasteiger partial charge in [0.25, 0.3) is 5.91 Å². The second kappa shape index (κ2) is 8.85. The van der Waals surface area contributed by atoms with E-state index in [0.717, 1.165) is 23.2 Å². The predicted molar refractivity (Wildman–Crippen MR) is 112 cm³/mol. The summed E-state index contributed by atoms with van der Waals surface area (Å²) >= 11 is 0. The number of rotatable bonds is 6. The summed E-state index contributed by atoms with van der Waals surface area (Å²) in [6.07, 6.45) is 0.750. The summed E-state index contributed by atoms with van der Waals surface area (Å²) in [5, 5.41) is 10.9. The first kappa shape index (κ1) is 22.2. The molecule has 2 aromatic rings.